The Morgan fingerprint density at radius 2 is 1.45 bits per heavy atom. The molecule has 1 spiro atoms. The van der Waals surface area contributed by atoms with Gasteiger partial charge in [0.2, 0.25) is 0 Å². The van der Waals surface area contributed by atoms with Gasteiger partial charge in [-0.1, -0.05) is 105 Å². The fourth-order valence-corrected chi connectivity index (χ4v) is 8.55. The van der Waals surface area contributed by atoms with Crippen LogP contribution in [0.4, 0.5) is 0 Å². The van der Waals surface area contributed by atoms with Crippen LogP contribution in [-0.2, 0) is 24.9 Å². The molecule has 0 unspecified atom stereocenters. The molecule has 2 aliphatic rings. The van der Waals surface area contributed by atoms with E-state index in [0.717, 1.165) is 48.4 Å². The Morgan fingerprint density at radius 1 is 0.824 bits per heavy atom. The molecule has 1 N–H and O–H groups in total. The van der Waals surface area contributed by atoms with E-state index in [2.05, 4.69) is 68.4 Å². The van der Waals surface area contributed by atoms with Gasteiger partial charge in [0.25, 0.3) is 0 Å². The molecule has 1 aromatic heterocycles. The Balaban J connectivity index is 0.000000279. The number of hydrogen-bond donors (Lipinski definition) is 1. The molecule has 51 heavy (non-hydrogen) atoms. The van der Waals surface area contributed by atoms with Gasteiger partial charge in [0, 0.05) is 43.2 Å². The number of aliphatic hydroxyl groups is 1. The van der Waals surface area contributed by atoms with E-state index in [9.17, 15) is 9.90 Å². The summed E-state index contributed by atoms with van der Waals surface area (Å²) in [6, 6.07) is 21.9. The zero-order valence-electron chi connectivity index (χ0n) is 32.7. The Morgan fingerprint density at radius 3 is 2.06 bits per heavy atom. The average Bonchev–Trinajstić information content (AvgIpc) is 3.14. The molecule has 277 valence electrons. The van der Waals surface area contributed by atoms with Crippen molar-refractivity contribution in [1.29, 1.82) is 0 Å². The van der Waals surface area contributed by atoms with E-state index in [4.69, 9.17) is 4.98 Å². The number of allylic oxidation sites excluding steroid dienone is 2. The molecule has 2 fully saturated rings. The summed E-state index contributed by atoms with van der Waals surface area (Å²) in [6.07, 6.45) is 19.7. The van der Waals surface area contributed by atoms with Crippen LogP contribution in [-0.4, -0.2) is 15.9 Å². The largest absolute Gasteiger partial charge is 0.512 e. The van der Waals surface area contributed by atoms with Crippen molar-refractivity contribution in [2.75, 3.05) is 0 Å². The predicted molar refractivity (Wildman–Crippen MR) is 213 cm³/mol. The van der Waals surface area contributed by atoms with E-state index in [1.165, 1.54) is 91.0 Å². The van der Waals surface area contributed by atoms with Crippen LogP contribution in [0.1, 0.15) is 148 Å². The van der Waals surface area contributed by atoms with Crippen molar-refractivity contribution >= 4 is 27.3 Å². The summed E-state index contributed by atoms with van der Waals surface area (Å²) in [7, 11) is 0. The molecule has 3 nitrogen and oxygen atoms in total. The summed E-state index contributed by atoms with van der Waals surface area (Å²) in [5, 5.41) is 15.3. The van der Waals surface area contributed by atoms with Gasteiger partial charge in [-0.15, -0.1) is 34.9 Å². The van der Waals surface area contributed by atoms with Crippen LogP contribution < -0.4 is 0 Å². The van der Waals surface area contributed by atoms with Crippen molar-refractivity contribution in [2.45, 2.75) is 145 Å². The summed E-state index contributed by atoms with van der Waals surface area (Å²) in [4.78, 5) is 16.9. The zero-order valence-corrected chi connectivity index (χ0v) is 35.1. The minimum Gasteiger partial charge on any atom is -0.512 e. The van der Waals surface area contributed by atoms with E-state index in [1.807, 2.05) is 47.7 Å². The van der Waals surface area contributed by atoms with E-state index in [0.29, 0.717) is 5.41 Å². The summed E-state index contributed by atoms with van der Waals surface area (Å²) in [5.74, 6) is 1.02. The van der Waals surface area contributed by atoms with Crippen molar-refractivity contribution in [3.8, 4) is 11.3 Å². The number of pyridine rings is 1. The third kappa shape index (κ3) is 9.05. The van der Waals surface area contributed by atoms with E-state index >= 15 is 0 Å². The number of hydrogen-bond acceptors (Lipinski definition) is 3. The quantitative estimate of drug-likeness (QED) is 0.0789. The van der Waals surface area contributed by atoms with E-state index < -0.39 is 0 Å². The van der Waals surface area contributed by atoms with E-state index in [-0.39, 0.29) is 42.5 Å². The number of rotatable bonds is 9. The normalized spacial score (nSPS) is 16.8. The molecule has 4 heteroatoms. The monoisotopic (exact) mass is 865 g/mol. The maximum absolute atomic E-state index is 12.2. The van der Waals surface area contributed by atoms with Gasteiger partial charge in [-0.25, -0.2) is 0 Å². The molecule has 2 aliphatic carbocycles. The predicted octanol–water partition coefficient (Wildman–Crippen LogP) is 13.7. The second-order valence-corrected chi connectivity index (χ2v) is 16.3. The Hall–Kier alpha value is -2.81. The van der Waals surface area contributed by atoms with Gasteiger partial charge in [-0.05, 0) is 114 Å². The number of benzene rings is 3. The summed E-state index contributed by atoms with van der Waals surface area (Å²) >= 11 is 0. The first kappa shape index (κ1) is 41.0. The molecule has 3 aromatic carbocycles. The number of aryl methyl sites for hydroxylation is 2. The van der Waals surface area contributed by atoms with Crippen molar-refractivity contribution in [3.63, 3.8) is 0 Å². The fourth-order valence-electron chi connectivity index (χ4n) is 8.55. The average molecular weight is 865 g/mol. The van der Waals surface area contributed by atoms with Gasteiger partial charge in [-0.2, -0.15) is 0 Å². The number of carbonyl (C=O) groups excluding carboxylic acids is 1. The second-order valence-electron chi connectivity index (χ2n) is 16.3. The van der Waals surface area contributed by atoms with E-state index in [1.54, 1.807) is 5.56 Å². The van der Waals surface area contributed by atoms with Crippen LogP contribution in [0.15, 0.2) is 66.6 Å². The number of fused-ring (bicyclic) bond motifs is 3. The van der Waals surface area contributed by atoms with Gasteiger partial charge in [0.15, 0.2) is 5.78 Å². The van der Waals surface area contributed by atoms with Gasteiger partial charge in [-0.3, -0.25) is 4.79 Å². The summed E-state index contributed by atoms with van der Waals surface area (Å²) in [6.45, 7) is 16.3. The fraction of sp³-hybridized carbons (Fsp3) is 0.532. The van der Waals surface area contributed by atoms with Gasteiger partial charge in [0.1, 0.15) is 5.76 Å². The molecule has 0 amide bonds. The first-order valence-corrected chi connectivity index (χ1v) is 19.7. The van der Waals surface area contributed by atoms with Crippen molar-refractivity contribution < 1.29 is 30.0 Å². The third-order valence-electron chi connectivity index (χ3n) is 13.2. The van der Waals surface area contributed by atoms with Crippen molar-refractivity contribution in [3.05, 3.63) is 89.3 Å². The number of nitrogens with zero attached hydrogens (tertiary/aromatic N) is 1. The summed E-state index contributed by atoms with van der Waals surface area (Å²) in [5.41, 5.74) is 6.18. The molecule has 0 atom stereocenters. The SMILES string of the molecule is CCC(C)(CC)C(=O)/C=C(\O)C(C)(CC)CC.Cc1[c-]c(-c2nccc3c2ccc2cc(C4CCC5(CCCCC5)CC4)ccc23)cc(C)c1.[Ir]. The molecular weight excluding hydrogens is 803 g/mol. The molecule has 2 saturated carbocycles. The van der Waals surface area contributed by atoms with Crippen LogP contribution in [0, 0.1) is 36.2 Å². The van der Waals surface area contributed by atoms with Crippen LogP contribution in [0.2, 0.25) is 0 Å². The number of aromatic nitrogens is 1. The smallest absolute Gasteiger partial charge is 0.164 e. The minimum atomic E-state index is -0.337. The maximum Gasteiger partial charge on any atom is 0.164 e. The van der Waals surface area contributed by atoms with Crippen LogP contribution in [0.5, 0.6) is 0 Å². The van der Waals surface area contributed by atoms with Gasteiger partial charge >= 0.3 is 0 Å². The molecule has 6 rings (SSSR count). The number of ketones is 1. The molecule has 0 saturated heterocycles. The molecule has 0 bridgehead atoms. The minimum absolute atomic E-state index is 0. The maximum atomic E-state index is 12.2. The number of carbonyl (C=O) groups is 1. The van der Waals surface area contributed by atoms with Gasteiger partial charge < -0.3 is 10.1 Å². The Bertz CT molecular complexity index is 1790. The molecule has 0 aliphatic heterocycles. The topological polar surface area (TPSA) is 50.2 Å². The van der Waals surface area contributed by atoms with Gasteiger partial charge in [0.05, 0.1) is 0 Å². The number of aliphatic hydroxyl groups excluding tert-OH is 1. The molecular formula is C47H62IrNO2-. The molecule has 1 radical (unpaired) electrons. The summed E-state index contributed by atoms with van der Waals surface area (Å²) < 4.78 is 0. The first-order chi connectivity index (χ1) is 23.9. The van der Waals surface area contributed by atoms with Crippen LogP contribution in [0.25, 0.3) is 32.8 Å². The second kappa shape index (κ2) is 17.3. The van der Waals surface area contributed by atoms with Crippen molar-refractivity contribution in [1.82, 2.24) is 4.98 Å². The third-order valence-corrected chi connectivity index (χ3v) is 13.2. The standard InChI is InChI=1S/C32H34N.C15H28O2.Ir/c1-22-18-23(2)20-27(19-22)31-30-9-7-26-21-25(6-8-28(26)29(30)12-17-33-31)24-10-15-32(16-11-24)13-4-3-5-14-32;1-7-14(5,8-2)12(16)11-13(17)15(6,9-3)10-4;/h6-9,12,17-19,21,24H,3-5,10-11,13-16H2,1-2H3;11,16H,7-10H2,1-6H3;/q-1;;/b;12-11-;. The first-order valence-electron chi connectivity index (χ1n) is 19.7. The van der Waals surface area contributed by atoms with Crippen LogP contribution >= 0.6 is 0 Å². The zero-order chi connectivity index (χ0) is 36.1. The van der Waals surface area contributed by atoms with Crippen LogP contribution in [0.3, 0.4) is 0 Å². The molecule has 4 aromatic rings. The van der Waals surface area contributed by atoms with Crippen molar-refractivity contribution in [2.24, 2.45) is 16.2 Å². The Kier molecular flexibility index (Phi) is 13.9. The Labute approximate surface area is 322 Å². The molecule has 1 heterocycles.